The van der Waals surface area contributed by atoms with Gasteiger partial charge in [-0.25, -0.2) is 0 Å². The van der Waals surface area contributed by atoms with Gasteiger partial charge in [-0.1, -0.05) is 13.0 Å². The highest BCUT2D eigenvalue weighted by Crippen LogP contribution is 1.97. The summed E-state index contributed by atoms with van der Waals surface area (Å²) < 4.78 is 4.82. The third-order valence-electron chi connectivity index (χ3n) is 1.23. The number of ether oxygens (including phenoxy) is 1. The van der Waals surface area contributed by atoms with Crippen LogP contribution in [0.4, 0.5) is 0 Å². The van der Waals surface area contributed by atoms with E-state index in [1.807, 2.05) is 13.8 Å². The van der Waals surface area contributed by atoms with Gasteiger partial charge < -0.3 is 4.74 Å². The van der Waals surface area contributed by atoms with Crippen molar-refractivity contribution in [2.45, 2.75) is 13.8 Å². The summed E-state index contributed by atoms with van der Waals surface area (Å²) in [6.45, 7) is 4.19. The number of ketones is 1. The van der Waals surface area contributed by atoms with E-state index in [4.69, 9.17) is 4.74 Å². The Balaban J connectivity index is 3.70. The van der Waals surface area contributed by atoms with Crippen LogP contribution in [0.5, 0.6) is 0 Å². The van der Waals surface area contributed by atoms with Gasteiger partial charge in [-0.05, 0) is 13.0 Å². The van der Waals surface area contributed by atoms with Gasteiger partial charge in [0.25, 0.3) is 0 Å². The lowest BCUT2D eigenvalue weighted by Crippen LogP contribution is -2.13. The van der Waals surface area contributed by atoms with Crippen molar-refractivity contribution >= 4 is 5.78 Å². The molecule has 0 saturated heterocycles. The molecule has 2 heteroatoms. The minimum Gasteiger partial charge on any atom is -0.384 e. The second-order valence-electron chi connectivity index (χ2n) is 2.26. The average Bonchev–Trinajstić information content (AvgIpc) is 1.89. The zero-order valence-electron chi connectivity index (χ0n) is 6.76. The number of allylic oxidation sites excluding steroid dienone is 2. The van der Waals surface area contributed by atoms with Crippen molar-refractivity contribution in [2.75, 3.05) is 13.7 Å². The van der Waals surface area contributed by atoms with Crippen LogP contribution in [0.2, 0.25) is 0 Å². The highest BCUT2D eigenvalue weighted by atomic mass is 16.5. The topological polar surface area (TPSA) is 26.3 Å². The van der Waals surface area contributed by atoms with E-state index in [1.54, 1.807) is 19.3 Å². The summed E-state index contributed by atoms with van der Waals surface area (Å²) in [7, 11) is 1.60. The predicted octanol–water partition coefficient (Wildman–Crippen LogP) is 1.41. The first-order valence-electron chi connectivity index (χ1n) is 3.37. The minimum absolute atomic E-state index is 0.0128. The molecule has 1 atom stereocenters. The van der Waals surface area contributed by atoms with Gasteiger partial charge in [0.2, 0.25) is 0 Å². The van der Waals surface area contributed by atoms with Crippen molar-refractivity contribution in [3.8, 4) is 0 Å². The Morgan fingerprint density at radius 1 is 1.70 bits per heavy atom. The van der Waals surface area contributed by atoms with Gasteiger partial charge in [-0.15, -0.1) is 0 Å². The Hall–Kier alpha value is -0.630. The molecule has 10 heavy (non-hydrogen) atoms. The highest BCUT2D eigenvalue weighted by Gasteiger charge is 2.07. The van der Waals surface area contributed by atoms with E-state index in [2.05, 4.69) is 0 Å². The van der Waals surface area contributed by atoms with Crippen LogP contribution in [-0.2, 0) is 9.53 Å². The van der Waals surface area contributed by atoms with Gasteiger partial charge in [-0.2, -0.15) is 0 Å². The molecule has 0 aliphatic carbocycles. The van der Waals surface area contributed by atoms with E-state index in [-0.39, 0.29) is 11.7 Å². The van der Waals surface area contributed by atoms with E-state index in [0.29, 0.717) is 6.61 Å². The van der Waals surface area contributed by atoms with Crippen molar-refractivity contribution in [1.29, 1.82) is 0 Å². The van der Waals surface area contributed by atoms with Gasteiger partial charge in [0, 0.05) is 13.0 Å². The number of carbonyl (C=O) groups excluding carboxylic acids is 1. The van der Waals surface area contributed by atoms with E-state index in [1.165, 1.54) is 0 Å². The maximum absolute atomic E-state index is 11.0. The van der Waals surface area contributed by atoms with Crippen molar-refractivity contribution in [3.05, 3.63) is 12.2 Å². The van der Waals surface area contributed by atoms with Crippen LogP contribution in [0, 0.1) is 5.92 Å². The maximum Gasteiger partial charge on any atom is 0.160 e. The molecule has 0 aromatic carbocycles. The quantitative estimate of drug-likeness (QED) is 0.555. The predicted molar refractivity (Wildman–Crippen MR) is 40.9 cm³/mol. The fourth-order valence-electron chi connectivity index (χ4n) is 0.661. The SMILES string of the molecule is CC=CC(=O)C(C)COC. The van der Waals surface area contributed by atoms with Crippen LogP contribution in [0.15, 0.2) is 12.2 Å². The molecule has 0 spiro atoms. The van der Waals surface area contributed by atoms with E-state index >= 15 is 0 Å². The van der Waals surface area contributed by atoms with Crippen LogP contribution in [-0.4, -0.2) is 19.5 Å². The van der Waals surface area contributed by atoms with Gasteiger partial charge in [0.05, 0.1) is 6.61 Å². The molecule has 0 radical (unpaired) electrons. The molecular weight excluding hydrogens is 128 g/mol. The fourth-order valence-corrected chi connectivity index (χ4v) is 0.661. The molecule has 0 amide bonds. The van der Waals surface area contributed by atoms with Crippen LogP contribution < -0.4 is 0 Å². The molecule has 2 nitrogen and oxygen atoms in total. The van der Waals surface area contributed by atoms with Crippen molar-refractivity contribution in [2.24, 2.45) is 5.92 Å². The zero-order valence-corrected chi connectivity index (χ0v) is 6.76. The van der Waals surface area contributed by atoms with E-state index in [9.17, 15) is 4.79 Å². The molecule has 0 rings (SSSR count). The first-order valence-corrected chi connectivity index (χ1v) is 3.37. The number of hydrogen-bond donors (Lipinski definition) is 0. The molecule has 0 fully saturated rings. The third-order valence-corrected chi connectivity index (χ3v) is 1.23. The lowest BCUT2D eigenvalue weighted by atomic mass is 10.1. The summed E-state index contributed by atoms with van der Waals surface area (Å²) in [5.74, 6) is 0.116. The monoisotopic (exact) mass is 142 g/mol. The summed E-state index contributed by atoms with van der Waals surface area (Å²) in [5.41, 5.74) is 0. The highest BCUT2D eigenvalue weighted by molar-refractivity contribution is 5.91. The van der Waals surface area contributed by atoms with Crippen molar-refractivity contribution in [3.63, 3.8) is 0 Å². The largest absolute Gasteiger partial charge is 0.384 e. The van der Waals surface area contributed by atoms with Crippen LogP contribution in [0.3, 0.4) is 0 Å². The molecule has 0 heterocycles. The number of methoxy groups -OCH3 is 1. The molecule has 0 aliphatic heterocycles. The van der Waals surface area contributed by atoms with Crippen LogP contribution in [0.1, 0.15) is 13.8 Å². The number of carbonyl (C=O) groups is 1. The third kappa shape index (κ3) is 3.41. The molecule has 0 bridgehead atoms. The van der Waals surface area contributed by atoms with E-state index in [0.717, 1.165) is 0 Å². The average molecular weight is 142 g/mol. The van der Waals surface area contributed by atoms with Gasteiger partial charge in [0.1, 0.15) is 0 Å². The minimum atomic E-state index is -0.0128. The normalized spacial score (nSPS) is 13.9. The second kappa shape index (κ2) is 5.18. The fraction of sp³-hybridized carbons (Fsp3) is 0.625. The van der Waals surface area contributed by atoms with E-state index < -0.39 is 0 Å². The number of rotatable bonds is 4. The second-order valence-corrected chi connectivity index (χ2v) is 2.26. The molecule has 1 unspecified atom stereocenters. The summed E-state index contributed by atoms with van der Waals surface area (Å²) in [5, 5.41) is 0. The summed E-state index contributed by atoms with van der Waals surface area (Å²) in [6.07, 6.45) is 3.32. The Labute approximate surface area is 61.9 Å². The molecule has 58 valence electrons. The maximum atomic E-state index is 11.0. The molecule has 0 aromatic rings. The Morgan fingerprint density at radius 2 is 2.30 bits per heavy atom. The molecule has 0 aromatic heterocycles. The Morgan fingerprint density at radius 3 is 2.70 bits per heavy atom. The Bertz CT molecular complexity index is 127. The first kappa shape index (κ1) is 9.37. The lowest BCUT2D eigenvalue weighted by molar-refractivity contribution is -0.119. The van der Waals surface area contributed by atoms with Gasteiger partial charge in [0.15, 0.2) is 5.78 Å². The summed E-state index contributed by atoms with van der Waals surface area (Å²) in [6, 6.07) is 0. The van der Waals surface area contributed by atoms with Crippen LogP contribution in [0.25, 0.3) is 0 Å². The van der Waals surface area contributed by atoms with Crippen molar-refractivity contribution < 1.29 is 9.53 Å². The molecule has 0 aliphatic rings. The molecule has 0 saturated carbocycles. The number of hydrogen-bond acceptors (Lipinski definition) is 2. The summed E-state index contributed by atoms with van der Waals surface area (Å²) in [4.78, 5) is 11.0. The van der Waals surface area contributed by atoms with Gasteiger partial charge >= 0.3 is 0 Å². The van der Waals surface area contributed by atoms with Crippen LogP contribution >= 0.6 is 0 Å². The zero-order chi connectivity index (χ0) is 7.98. The lowest BCUT2D eigenvalue weighted by Gasteiger charge is -2.03. The molecular formula is C8H14O2. The smallest absolute Gasteiger partial charge is 0.160 e. The van der Waals surface area contributed by atoms with Crippen molar-refractivity contribution in [1.82, 2.24) is 0 Å². The Kier molecular flexibility index (Phi) is 4.85. The molecule has 0 N–H and O–H groups in total. The summed E-state index contributed by atoms with van der Waals surface area (Å²) >= 11 is 0. The van der Waals surface area contributed by atoms with Gasteiger partial charge in [-0.3, -0.25) is 4.79 Å². The first-order chi connectivity index (χ1) is 4.72. The standard InChI is InChI=1S/C8H14O2/c1-4-5-8(9)7(2)6-10-3/h4-5,7H,6H2,1-3H3.